The number of carbonyl (C=O) groups excluding carboxylic acids is 1. The standard InChI is InChI=1S/C18H23N5O3/c1-20(2)12-14-5-4-9-22(14)15-7-6-13(11-16(15)23(25)26)17(24)18-19-8-10-21(18)3/h6-8,10-11,14H,4-5,9,12H2,1-3H3/t14-/m1/s1. The zero-order valence-corrected chi connectivity index (χ0v) is 15.3. The summed E-state index contributed by atoms with van der Waals surface area (Å²) in [5.74, 6) is -0.0582. The lowest BCUT2D eigenvalue weighted by Crippen LogP contribution is -2.37. The monoisotopic (exact) mass is 357 g/mol. The fourth-order valence-electron chi connectivity index (χ4n) is 3.53. The number of benzene rings is 1. The molecule has 3 rings (SSSR count). The summed E-state index contributed by atoms with van der Waals surface area (Å²) in [5, 5.41) is 11.7. The molecular weight excluding hydrogens is 334 g/mol. The van der Waals surface area contributed by atoms with Crippen LogP contribution >= 0.6 is 0 Å². The number of hydrogen-bond acceptors (Lipinski definition) is 6. The molecule has 2 aromatic rings. The normalized spacial score (nSPS) is 17.1. The lowest BCUT2D eigenvalue weighted by molar-refractivity contribution is -0.384. The molecule has 0 aliphatic carbocycles. The lowest BCUT2D eigenvalue weighted by atomic mass is 10.1. The van der Waals surface area contributed by atoms with Gasteiger partial charge in [0.05, 0.1) is 4.92 Å². The molecule has 1 aromatic carbocycles. The maximum absolute atomic E-state index is 12.6. The molecule has 0 saturated carbocycles. The number of likely N-dealkylation sites (N-methyl/N-ethyl adjacent to an activating group) is 1. The molecule has 0 amide bonds. The first-order valence-electron chi connectivity index (χ1n) is 8.60. The Labute approximate surface area is 152 Å². The second-order valence-electron chi connectivity index (χ2n) is 6.90. The van der Waals surface area contributed by atoms with Gasteiger partial charge in [-0.3, -0.25) is 14.9 Å². The van der Waals surface area contributed by atoms with Crippen LogP contribution in [0.2, 0.25) is 0 Å². The van der Waals surface area contributed by atoms with Crippen LogP contribution in [0.25, 0.3) is 0 Å². The van der Waals surface area contributed by atoms with Gasteiger partial charge in [0.15, 0.2) is 5.82 Å². The van der Waals surface area contributed by atoms with E-state index < -0.39 is 4.92 Å². The molecule has 1 aliphatic heterocycles. The van der Waals surface area contributed by atoms with Crippen LogP contribution in [0.5, 0.6) is 0 Å². The Kier molecular flexibility index (Phi) is 5.03. The van der Waals surface area contributed by atoms with Crippen LogP contribution in [-0.4, -0.2) is 58.4 Å². The Morgan fingerprint density at radius 3 is 2.81 bits per heavy atom. The second kappa shape index (κ2) is 7.25. The molecule has 1 fully saturated rings. The molecule has 8 nitrogen and oxygen atoms in total. The molecule has 1 aromatic heterocycles. The molecule has 0 spiro atoms. The van der Waals surface area contributed by atoms with E-state index >= 15 is 0 Å². The number of anilines is 1. The Morgan fingerprint density at radius 2 is 2.19 bits per heavy atom. The molecule has 8 heteroatoms. The number of rotatable bonds is 6. The topological polar surface area (TPSA) is 84.5 Å². The quantitative estimate of drug-likeness (QED) is 0.447. The highest BCUT2D eigenvalue weighted by atomic mass is 16.6. The van der Waals surface area contributed by atoms with Crippen LogP contribution in [0.4, 0.5) is 11.4 Å². The van der Waals surface area contributed by atoms with Crippen LogP contribution in [-0.2, 0) is 7.05 Å². The van der Waals surface area contributed by atoms with E-state index in [1.165, 1.54) is 12.3 Å². The highest BCUT2D eigenvalue weighted by molar-refractivity contribution is 6.07. The van der Waals surface area contributed by atoms with Gasteiger partial charge in [-0.1, -0.05) is 0 Å². The fourth-order valence-corrected chi connectivity index (χ4v) is 3.53. The maximum Gasteiger partial charge on any atom is 0.293 e. The van der Waals surface area contributed by atoms with E-state index in [-0.39, 0.29) is 28.9 Å². The molecule has 0 bridgehead atoms. The van der Waals surface area contributed by atoms with Gasteiger partial charge in [-0.05, 0) is 39.1 Å². The zero-order chi connectivity index (χ0) is 18.8. The average Bonchev–Trinajstić information content (AvgIpc) is 3.22. The molecule has 1 aliphatic rings. The smallest absolute Gasteiger partial charge is 0.293 e. The van der Waals surface area contributed by atoms with Gasteiger partial charge in [-0.2, -0.15) is 0 Å². The van der Waals surface area contributed by atoms with Crippen molar-refractivity contribution in [2.45, 2.75) is 18.9 Å². The molecule has 138 valence electrons. The van der Waals surface area contributed by atoms with Crippen LogP contribution < -0.4 is 4.90 Å². The van der Waals surface area contributed by atoms with Crippen LogP contribution in [0, 0.1) is 10.1 Å². The van der Waals surface area contributed by atoms with E-state index in [1.807, 2.05) is 14.1 Å². The van der Waals surface area contributed by atoms with Crippen molar-refractivity contribution in [3.8, 4) is 0 Å². The molecular formula is C18H23N5O3. The molecule has 0 unspecified atom stereocenters. The van der Waals surface area contributed by atoms with Crippen LogP contribution in [0.1, 0.15) is 29.0 Å². The lowest BCUT2D eigenvalue weighted by Gasteiger charge is -2.28. The summed E-state index contributed by atoms with van der Waals surface area (Å²) in [6, 6.07) is 4.96. The van der Waals surface area contributed by atoms with Gasteiger partial charge < -0.3 is 14.4 Å². The third-order valence-electron chi connectivity index (χ3n) is 4.72. The molecule has 1 saturated heterocycles. The van der Waals surface area contributed by atoms with Gasteiger partial charge >= 0.3 is 0 Å². The van der Waals surface area contributed by atoms with Gasteiger partial charge in [-0.25, -0.2) is 4.98 Å². The number of nitrogens with zero attached hydrogens (tertiary/aromatic N) is 5. The highest BCUT2D eigenvalue weighted by Gasteiger charge is 2.31. The van der Waals surface area contributed by atoms with Gasteiger partial charge in [0.25, 0.3) is 5.69 Å². The predicted octanol–water partition coefficient (Wildman–Crippen LogP) is 2.09. The van der Waals surface area contributed by atoms with Crippen molar-refractivity contribution in [1.82, 2.24) is 14.5 Å². The maximum atomic E-state index is 12.6. The number of hydrogen-bond donors (Lipinski definition) is 0. The third-order valence-corrected chi connectivity index (χ3v) is 4.72. The summed E-state index contributed by atoms with van der Waals surface area (Å²) in [4.78, 5) is 32.1. The largest absolute Gasteiger partial charge is 0.362 e. The van der Waals surface area contributed by atoms with E-state index in [2.05, 4.69) is 14.8 Å². The minimum atomic E-state index is -0.407. The first-order chi connectivity index (χ1) is 12.4. The molecule has 0 radical (unpaired) electrons. The van der Waals surface area contributed by atoms with Crippen molar-refractivity contribution in [2.24, 2.45) is 7.05 Å². The first kappa shape index (κ1) is 18.1. The Hall–Kier alpha value is -2.74. The zero-order valence-electron chi connectivity index (χ0n) is 15.3. The van der Waals surface area contributed by atoms with Gasteiger partial charge in [0, 0.05) is 50.2 Å². The summed E-state index contributed by atoms with van der Waals surface area (Å²) in [7, 11) is 5.72. The van der Waals surface area contributed by atoms with E-state index in [1.54, 1.807) is 29.9 Å². The number of ketones is 1. The van der Waals surface area contributed by atoms with Gasteiger partial charge in [0.1, 0.15) is 5.69 Å². The Balaban J connectivity index is 1.96. The summed E-state index contributed by atoms with van der Waals surface area (Å²) in [6.45, 7) is 1.62. The molecule has 26 heavy (non-hydrogen) atoms. The number of aryl methyl sites for hydroxylation is 1. The van der Waals surface area contributed by atoms with Crippen molar-refractivity contribution in [2.75, 3.05) is 32.1 Å². The number of nitro groups is 1. The van der Waals surface area contributed by atoms with E-state index in [0.29, 0.717) is 5.69 Å². The average molecular weight is 357 g/mol. The van der Waals surface area contributed by atoms with Gasteiger partial charge in [-0.15, -0.1) is 0 Å². The number of imidazole rings is 1. The van der Waals surface area contributed by atoms with Crippen molar-refractivity contribution in [3.63, 3.8) is 0 Å². The minimum absolute atomic E-state index is 0.0317. The first-order valence-corrected chi connectivity index (χ1v) is 8.60. The van der Waals surface area contributed by atoms with Crippen LogP contribution in [0.3, 0.4) is 0 Å². The van der Waals surface area contributed by atoms with Crippen molar-refractivity contribution in [1.29, 1.82) is 0 Å². The Morgan fingerprint density at radius 1 is 1.42 bits per heavy atom. The highest BCUT2D eigenvalue weighted by Crippen LogP contribution is 2.34. The van der Waals surface area contributed by atoms with E-state index in [0.717, 1.165) is 25.9 Å². The number of nitro benzene ring substituents is 1. The molecule has 1 atom stereocenters. The summed E-state index contributed by atoms with van der Waals surface area (Å²) in [5.41, 5.74) is 0.824. The van der Waals surface area contributed by atoms with Gasteiger partial charge in [0.2, 0.25) is 5.78 Å². The summed E-state index contributed by atoms with van der Waals surface area (Å²) in [6.07, 6.45) is 5.21. The predicted molar refractivity (Wildman–Crippen MR) is 98.7 cm³/mol. The number of carbonyl (C=O) groups is 1. The van der Waals surface area contributed by atoms with Crippen molar-refractivity contribution >= 4 is 17.2 Å². The van der Waals surface area contributed by atoms with E-state index in [4.69, 9.17) is 0 Å². The SMILES string of the molecule is CN(C)C[C@H]1CCCN1c1ccc(C(=O)c2nccn2C)cc1[N+](=O)[O-]. The third kappa shape index (κ3) is 3.45. The Bertz CT molecular complexity index is 830. The van der Waals surface area contributed by atoms with Crippen molar-refractivity contribution in [3.05, 3.63) is 52.1 Å². The van der Waals surface area contributed by atoms with Crippen LogP contribution in [0.15, 0.2) is 30.6 Å². The molecule has 0 N–H and O–H groups in total. The van der Waals surface area contributed by atoms with Crippen molar-refractivity contribution < 1.29 is 9.72 Å². The van der Waals surface area contributed by atoms with E-state index in [9.17, 15) is 14.9 Å². The summed E-state index contributed by atoms with van der Waals surface area (Å²) >= 11 is 0. The summed E-state index contributed by atoms with van der Waals surface area (Å²) < 4.78 is 1.61. The fraction of sp³-hybridized carbons (Fsp3) is 0.444. The second-order valence-corrected chi connectivity index (χ2v) is 6.90. The molecule has 2 heterocycles. The minimum Gasteiger partial charge on any atom is -0.362 e. The number of aromatic nitrogens is 2.